The van der Waals surface area contributed by atoms with E-state index in [2.05, 4.69) is 22.8 Å². The molecule has 0 bridgehead atoms. The van der Waals surface area contributed by atoms with Crippen LogP contribution in [0.1, 0.15) is 30.4 Å². The molecule has 1 fully saturated rings. The Morgan fingerprint density at radius 1 is 1.15 bits per heavy atom. The molecule has 2 aromatic carbocycles. The average Bonchev–Trinajstić information content (AvgIpc) is 3.47. The van der Waals surface area contributed by atoms with Crippen LogP contribution in [0.15, 0.2) is 58.8 Å². The van der Waals surface area contributed by atoms with Crippen LogP contribution in [0, 0.1) is 5.92 Å². The van der Waals surface area contributed by atoms with E-state index < -0.39 is 10.8 Å². The summed E-state index contributed by atoms with van der Waals surface area (Å²) in [5, 5.41) is 6.42. The highest BCUT2D eigenvalue weighted by atomic mass is 32.2. The minimum atomic E-state index is -1.05. The lowest BCUT2D eigenvalue weighted by atomic mass is 10.1. The lowest BCUT2D eigenvalue weighted by Crippen LogP contribution is -2.26. The maximum absolute atomic E-state index is 12.8. The summed E-state index contributed by atoms with van der Waals surface area (Å²) in [5.74, 6) is 1.02. The second kappa shape index (κ2) is 8.36. The molecule has 1 saturated carbocycles. The fourth-order valence-electron chi connectivity index (χ4n) is 3.19. The standard InChI is InChI=1S/C22H23NO2S2/c24-22(17-8-9-17)23-12-4-7-18-14-26-21-11-10-19(13-20(18)21)27(25)15-16-5-2-1-3-6-16/h1-3,5-6,10-11,13-14,17H,4,7-9,12,15H2,(H,23,24). The third-order valence-electron chi connectivity index (χ3n) is 4.90. The number of aryl methyl sites for hydroxylation is 1. The number of fused-ring (bicyclic) bond motifs is 1. The fourth-order valence-corrected chi connectivity index (χ4v) is 5.29. The zero-order valence-electron chi connectivity index (χ0n) is 15.1. The summed E-state index contributed by atoms with van der Waals surface area (Å²) in [4.78, 5) is 12.6. The first-order valence-electron chi connectivity index (χ1n) is 9.41. The zero-order valence-corrected chi connectivity index (χ0v) is 16.8. The van der Waals surface area contributed by atoms with E-state index in [1.807, 2.05) is 36.4 Å². The van der Waals surface area contributed by atoms with Gasteiger partial charge in [0.05, 0.1) is 16.6 Å². The molecular formula is C22H23NO2S2. The predicted octanol–water partition coefficient (Wildman–Crippen LogP) is 4.67. The van der Waals surface area contributed by atoms with Crippen molar-refractivity contribution < 1.29 is 9.00 Å². The molecule has 1 aliphatic rings. The highest BCUT2D eigenvalue weighted by Crippen LogP contribution is 2.30. The van der Waals surface area contributed by atoms with E-state index in [9.17, 15) is 9.00 Å². The molecular weight excluding hydrogens is 374 g/mol. The van der Waals surface area contributed by atoms with Crippen LogP contribution in [0.2, 0.25) is 0 Å². The lowest BCUT2D eigenvalue weighted by molar-refractivity contribution is -0.122. The molecule has 1 aromatic heterocycles. The summed E-state index contributed by atoms with van der Waals surface area (Å²) in [6, 6.07) is 16.1. The van der Waals surface area contributed by atoms with Crippen molar-refractivity contribution in [2.45, 2.75) is 36.3 Å². The summed E-state index contributed by atoms with van der Waals surface area (Å²) in [6.45, 7) is 0.728. The van der Waals surface area contributed by atoms with Gasteiger partial charge in [0.2, 0.25) is 5.91 Å². The van der Waals surface area contributed by atoms with Gasteiger partial charge in [0.25, 0.3) is 0 Å². The van der Waals surface area contributed by atoms with Crippen molar-refractivity contribution in [3.63, 3.8) is 0 Å². The minimum Gasteiger partial charge on any atom is -0.356 e. The van der Waals surface area contributed by atoms with Crippen LogP contribution in [0.3, 0.4) is 0 Å². The van der Waals surface area contributed by atoms with Crippen molar-refractivity contribution in [3.8, 4) is 0 Å². The first-order chi connectivity index (χ1) is 13.2. The molecule has 140 valence electrons. The van der Waals surface area contributed by atoms with E-state index in [1.54, 1.807) is 11.3 Å². The van der Waals surface area contributed by atoms with Crippen LogP contribution in [0.5, 0.6) is 0 Å². The number of benzene rings is 2. The van der Waals surface area contributed by atoms with Crippen LogP contribution >= 0.6 is 11.3 Å². The van der Waals surface area contributed by atoms with Gasteiger partial charge in [-0.15, -0.1) is 11.3 Å². The first kappa shape index (κ1) is 18.4. The van der Waals surface area contributed by atoms with E-state index in [0.29, 0.717) is 5.75 Å². The van der Waals surface area contributed by atoms with Gasteiger partial charge in [-0.3, -0.25) is 9.00 Å². The Morgan fingerprint density at radius 2 is 1.96 bits per heavy atom. The number of rotatable bonds is 8. The normalized spacial score (nSPS) is 15.0. The molecule has 1 atom stereocenters. The zero-order chi connectivity index (χ0) is 18.6. The number of carbonyl (C=O) groups excluding carboxylic acids is 1. The van der Waals surface area contributed by atoms with Crippen LogP contribution in [-0.4, -0.2) is 16.7 Å². The van der Waals surface area contributed by atoms with Gasteiger partial charge < -0.3 is 5.32 Å². The SMILES string of the molecule is O=C(NCCCc1csc2ccc(S(=O)Cc3ccccc3)cc12)C1CC1. The Balaban J connectivity index is 1.41. The van der Waals surface area contributed by atoms with Crippen LogP contribution in [0.4, 0.5) is 0 Å². The Kier molecular flexibility index (Phi) is 5.69. The molecule has 1 amide bonds. The second-order valence-corrected chi connectivity index (χ2v) is 9.43. The number of hydrogen-bond donors (Lipinski definition) is 1. The molecule has 0 radical (unpaired) electrons. The molecule has 3 nitrogen and oxygen atoms in total. The summed E-state index contributed by atoms with van der Waals surface area (Å²) in [7, 11) is -1.05. The smallest absolute Gasteiger partial charge is 0.223 e. The minimum absolute atomic E-state index is 0.212. The molecule has 0 spiro atoms. The molecule has 1 aliphatic carbocycles. The van der Waals surface area contributed by atoms with Gasteiger partial charge in [-0.2, -0.15) is 0 Å². The highest BCUT2D eigenvalue weighted by molar-refractivity contribution is 7.84. The van der Waals surface area contributed by atoms with Gasteiger partial charge in [-0.1, -0.05) is 30.3 Å². The molecule has 1 N–H and O–H groups in total. The van der Waals surface area contributed by atoms with Crippen molar-refractivity contribution in [2.24, 2.45) is 5.92 Å². The van der Waals surface area contributed by atoms with Gasteiger partial charge in [-0.25, -0.2) is 0 Å². The summed E-state index contributed by atoms with van der Waals surface area (Å²) in [6.07, 6.45) is 3.95. The number of carbonyl (C=O) groups is 1. The Labute approximate surface area is 166 Å². The van der Waals surface area contributed by atoms with E-state index >= 15 is 0 Å². The summed E-state index contributed by atoms with van der Waals surface area (Å²) in [5.41, 5.74) is 2.38. The Bertz CT molecular complexity index is 961. The lowest BCUT2D eigenvalue weighted by Gasteiger charge is -2.06. The first-order valence-corrected chi connectivity index (χ1v) is 11.6. The third-order valence-corrected chi connectivity index (χ3v) is 7.29. The van der Waals surface area contributed by atoms with E-state index in [0.717, 1.165) is 42.7 Å². The highest BCUT2D eigenvalue weighted by Gasteiger charge is 2.28. The van der Waals surface area contributed by atoms with Crippen molar-refractivity contribution in [2.75, 3.05) is 6.54 Å². The van der Waals surface area contributed by atoms with Crippen molar-refractivity contribution in [1.29, 1.82) is 0 Å². The fraction of sp³-hybridized carbons (Fsp3) is 0.318. The van der Waals surface area contributed by atoms with Gasteiger partial charge >= 0.3 is 0 Å². The van der Waals surface area contributed by atoms with Crippen LogP contribution in [-0.2, 0) is 27.8 Å². The maximum atomic E-state index is 12.8. The monoisotopic (exact) mass is 397 g/mol. The second-order valence-electron chi connectivity index (χ2n) is 7.06. The average molecular weight is 398 g/mol. The van der Waals surface area contributed by atoms with Crippen LogP contribution < -0.4 is 5.32 Å². The van der Waals surface area contributed by atoms with Crippen molar-refractivity contribution in [1.82, 2.24) is 5.32 Å². The number of amides is 1. The van der Waals surface area contributed by atoms with Crippen LogP contribution in [0.25, 0.3) is 10.1 Å². The summed E-state index contributed by atoms with van der Waals surface area (Å²) >= 11 is 1.73. The maximum Gasteiger partial charge on any atom is 0.223 e. The molecule has 5 heteroatoms. The van der Waals surface area contributed by atoms with Crippen molar-refractivity contribution in [3.05, 3.63) is 65.0 Å². The molecule has 1 unspecified atom stereocenters. The number of thiophene rings is 1. The largest absolute Gasteiger partial charge is 0.356 e. The summed E-state index contributed by atoms with van der Waals surface area (Å²) < 4.78 is 14.0. The topological polar surface area (TPSA) is 46.2 Å². The van der Waals surface area contributed by atoms with Crippen molar-refractivity contribution >= 4 is 38.1 Å². The number of hydrogen-bond acceptors (Lipinski definition) is 3. The van der Waals surface area contributed by atoms with Gasteiger partial charge in [0, 0.05) is 22.1 Å². The molecule has 1 heterocycles. The Morgan fingerprint density at radius 3 is 2.74 bits per heavy atom. The van der Waals surface area contributed by atoms with E-state index in [4.69, 9.17) is 0 Å². The van der Waals surface area contributed by atoms with Gasteiger partial charge in [0.1, 0.15) is 0 Å². The molecule has 0 saturated heterocycles. The Hall–Kier alpha value is -1.98. The van der Waals surface area contributed by atoms with Gasteiger partial charge in [0.15, 0.2) is 0 Å². The molecule has 27 heavy (non-hydrogen) atoms. The molecule has 3 aromatic rings. The van der Waals surface area contributed by atoms with E-state index in [-0.39, 0.29) is 11.8 Å². The molecule has 4 rings (SSSR count). The molecule has 0 aliphatic heterocycles. The quantitative estimate of drug-likeness (QED) is 0.562. The third kappa shape index (κ3) is 4.66. The van der Waals surface area contributed by atoms with Gasteiger partial charge in [-0.05, 0) is 65.8 Å². The van der Waals surface area contributed by atoms with E-state index in [1.165, 1.54) is 15.6 Å². The predicted molar refractivity (Wildman–Crippen MR) is 112 cm³/mol. The number of nitrogens with one attached hydrogen (secondary N) is 1.